The number of para-hydroxylation sites is 1. The summed E-state index contributed by atoms with van der Waals surface area (Å²) in [6.07, 6.45) is -1.44. The first kappa shape index (κ1) is 23.7. The van der Waals surface area contributed by atoms with E-state index in [0.717, 1.165) is 34.7 Å². The number of hydrazone groups is 1. The maximum absolute atomic E-state index is 12.9. The highest BCUT2D eigenvalue weighted by atomic mass is 19.4. The Balaban J connectivity index is 1.48. The van der Waals surface area contributed by atoms with Crippen molar-refractivity contribution in [2.75, 3.05) is 5.32 Å². The third-order valence-electron chi connectivity index (χ3n) is 5.29. The van der Waals surface area contributed by atoms with Gasteiger partial charge in [0.15, 0.2) is 0 Å². The average molecular weight is 478 g/mol. The number of hydrogen-bond acceptors (Lipinski definition) is 3. The maximum atomic E-state index is 12.9. The summed E-state index contributed by atoms with van der Waals surface area (Å²) < 4.78 is 40.4. The van der Waals surface area contributed by atoms with E-state index in [9.17, 15) is 22.8 Å². The van der Waals surface area contributed by atoms with Crippen LogP contribution in [0.2, 0.25) is 0 Å². The molecule has 0 radical (unpaired) electrons. The molecule has 35 heavy (non-hydrogen) atoms. The SMILES string of the molecule is Cc1ccc(NC(=O)Cn2cc(/C=N\NC(=O)c3cccc(C(F)(F)F)c3)c3ccccc32)cc1. The van der Waals surface area contributed by atoms with Crippen LogP contribution in [0.1, 0.15) is 27.0 Å². The molecule has 178 valence electrons. The third kappa shape index (κ3) is 5.75. The van der Waals surface area contributed by atoms with Crippen LogP contribution in [0.3, 0.4) is 0 Å². The summed E-state index contributed by atoms with van der Waals surface area (Å²) in [5, 5.41) is 7.56. The van der Waals surface area contributed by atoms with Crippen molar-refractivity contribution in [1.29, 1.82) is 0 Å². The van der Waals surface area contributed by atoms with Gasteiger partial charge in [0.2, 0.25) is 5.91 Å². The zero-order valence-electron chi connectivity index (χ0n) is 18.6. The molecule has 1 heterocycles. The lowest BCUT2D eigenvalue weighted by Gasteiger charge is -2.07. The number of rotatable bonds is 6. The molecule has 0 saturated heterocycles. The topological polar surface area (TPSA) is 75.5 Å². The molecular weight excluding hydrogens is 457 g/mol. The number of alkyl halides is 3. The molecule has 2 amide bonds. The summed E-state index contributed by atoms with van der Waals surface area (Å²) >= 11 is 0. The van der Waals surface area contributed by atoms with Crippen LogP contribution < -0.4 is 10.7 Å². The van der Waals surface area contributed by atoms with Gasteiger partial charge in [-0.15, -0.1) is 0 Å². The van der Waals surface area contributed by atoms with Crippen molar-refractivity contribution < 1.29 is 22.8 Å². The van der Waals surface area contributed by atoms with E-state index < -0.39 is 17.6 Å². The molecule has 9 heteroatoms. The number of anilines is 1. The number of carbonyl (C=O) groups excluding carboxylic acids is 2. The van der Waals surface area contributed by atoms with Crippen LogP contribution >= 0.6 is 0 Å². The Bertz CT molecular complexity index is 1410. The maximum Gasteiger partial charge on any atom is 0.416 e. The van der Waals surface area contributed by atoms with Gasteiger partial charge in [-0.05, 0) is 43.3 Å². The van der Waals surface area contributed by atoms with Crippen LogP contribution in [0.5, 0.6) is 0 Å². The molecule has 3 aromatic carbocycles. The zero-order valence-corrected chi connectivity index (χ0v) is 18.6. The number of hydrogen-bond donors (Lipinski definition) is 2. The van der Waals surface area contributed by atoms with Gasteiger partial charge in [-0.1, -0.05) is 42.0 Å². The second-order valence-corrected chi connectivity index (χ2v) is 7.92. The number of amides is 2. The lowest BCUT2D eigenvalue weighted by Crippen LogP contribution is -2.18. The number of aromatic nitrogens is 1. The molecule has 0 aliphatic carbocycles. The van der Waals surface area contributed by atoms with Crippen molar-refractivity contribution in [3.63, 3.8) is 0 Å². The second-order valence-electron chi connectivity index (χ2n) is 7.92. The number of halogens is 3. The summed E-state index contributed by atoms with van der Waals surface area (Å²) in [5.41, 5.74) is 4.38. The van der Waals surface area contributed by atoms with Crippen LogP contribution in [0.25, 0.3) is 10.9 Å². The number of fused-ring (bicyclic) bond motifs is 1. The molecule has 4 rings (SSSR count). The van der Waals surface area contributed by atoms with Crippen LogP contribution in [0.15, 0.2) is 84.1 Å². The highest BCUT2D eigenvalue weighted by Crippen LogP contribution is 2.29. The fourth-order valence-corrected chi connectivity index (χ4v) is 3.56. The van der Waals surface area contributed by atoms with Gasteiger partial charge in [-0.3, -0.25) is 9.59 Å². The number of nitrogens with zero attached hydrogens (tertiary/aromatic N) is 2. The fourth-order valence-electron chi connectivity index (χ4n) is 3.56. The monoisotopic (exact) mass is 478 g/mol. The molecule has 0 atom stereocenters. The lowest BCUT2D eigenvalue weighted by molar-refractivity contribution is -0.137. The third-order valence-corrected chi connectivity index (χ3v) is 5.29. The predicted octanol–water partition coefficient (Wildman–Crippen LogP) is 5.37. The van der Waals surface area contributed by atoms with Gasteiger partial charge in [0, 0.05) is 33.9 Å². The van der Waals surface area contributed by atoms with E-state index in [0.29, 0.717) is 11.3 Å². The molecule has 0 aliphatic rings. The van der Waals surface area contributed by atoms with Crippen molar-refractivity contribution in [2.24, 2.45) is 5.10 Å². The minimum Gasteiger partial charge on any atom is -0.337 e. The van der Waals surface area contributed by atoms with Gasteiger partial charge in [0.1, 0.15) is 6.54 Å². The van der Waals surface area contributed by atoms with Crippen molar-refractivity contribution in [1.82, 2.24) is 9.99 Å². The van der Waals surface area contributed by atoms with Crippen LogP contribution in [0.4, 0.5) is 18.9 Å². The molecule has 0 aliphatic heterocycles. The first-order chi connectivity index (χ1) is 16.7. The van der Waals surface area contributed by atoms with E-state index in [2.05, 4.69) is 15.8 Å². The largest absolute Gasteiger partial charge is 0.416 e. The number of carbonyl (C=O) groups is 2. The van der Waals surface area contributed by atoms with Crippen molar-refractivity contribution in [3.8, 4) is 0 Å². The van der Waals surface area contributed by atoms with Crippen molar-refractivity contribution >= 4 is 34.6 Å². The zero-order chi connectivity index (χ0) is 25.0. The second kappa shape index (κ2) is 9.84. The van der Waals surface area contributed by atoms with E-state index in [1.54, 1.807) is 10.8 Å². The van der Waals surface area contributed by atoms with Gasteiger partial charge in [-0.2, -0.15) is 18.3 Å². The molecule has 0 spiro atoms. The van der Waals surface area contributed by atoms with E-state index in [1.165, 1.54) is 12.3 Å². The fraction of sp³-hybridized carbons (Fsp3) is 0.115. The van der Waals surface area contributed by atoms with Crippen LogP contribution in [-0.2, 0) is 17.5 Å². The molecule has 1 aromatic heterocycles. The predicted molar refractivity (Wildman–Crippen MR) is 128 cm³/mol. The molecule has 2 N–H and O–H groups in total. The van der Waals surface area contributed by atoms with E-state index in [1.807, 2.05) is 55.5 Å². The Hall–Kier alpha value is -4.40. The standard InChI is InChI=1S/C26H21F3N4O2/c1-17-9-11-21(12-10-17)31-24(34)16-33-15-19(22-7-2-3-8-23(22)33)14-30-32-25(35)18-5-4-6-20(13-18)26(27,28)29/h2-15H,16H2,1H3,(H,31,34)(H,32,35)/b30-14-. The number of benzene rings is 3. The minimum atomic E-state index is -4.55. The van der Waals surface area contributed by atoms with Crippen LogP contribution in [0, 0.1) is 6.92 Å². The molecular formula is C26H21F3N4O2. The first-order valence-electron chi connectivity index (χ1n) is 10.7. The highest BCUT2D eigenvalue weighted by molar-refractivity contribution is 6.01. The van der Waals surface area contributed by atoms with Gasteiger partial charge >= 0.3 is 6.18 Å². The summed E-state index contributed by atoms with van der Waals surface area (Å²) in [5.74, 6) is -0.982. The average Bonchev–Trinajstić information content (AvgIpc) is 3.17. The van der Waals surface area contributed by atoms with Crippen LogP contribution in [-0.4, -0.2) is 22.6 Å². The number of aryl methyl sites for hydroxylation is 1. The highest BCUT2D eigenvalue weighted by Gasteiger charge is 2.30. The smallest absolute Gasteiger partial charge is 0.337 e. The summed E-state index contributed by atoms with van der Waals surface area (Å²) in [6.45, 7) is 2.02. The molecule has 0 unspecified atom stereocenters. The minimum absolute atomic E-state index is 0.0544. The summed E-state index contributed by atoms with van der Waals surface area (Å²) in [4.78, 5) is 24.8. The molecule has 0 bridgehead atoms. The first-order valence-corrected chi connectivity index (χ1v) is 10.7. The Kier molecular flexibility index (Phi) is 6.68. The quantitative estimate of drug-likeness (QED) is 0.289. The summed E-state index contributed by atoms with van der Waals surface area (Å²) in [7, 11) is 0. The van der Waals surface area contributed by atoms with Gasteiger partial charge in [0.05, 0.1) is 11.8 Å². The van der Waals surface area contributed by atoms with E-state index >= 15 is 0 Å². The Morgan fingerprint density at radius 3 is 2.49 bits per heavy atom. The normalized spacial score (nSPS) is 11.7. The molecule has 0 saturated carbocycles. The van der Waals surface area contributed by atoms with Gasteiger partial charge in [0.25, 0.3) is 5.91 Å². The Morgan fingerprint density at radius 1 is 1.00 bits per heavy atom. The van der Waals surface area contributed by atoms with Gasteiger partial charge < -0.3 is 9.88 Å². The Morgan fingerprint density at radius 2 is 1.74 bits per heavy atom. The van der Waals surface area contributed by atoms with E-state index in [-0.39, 0.29) is 18.0 Å². The summed E-state index contributed by atoms with van der Waals surface area (Å²) in [6, 6.07) is 18.9. The lowest BCUT2D eigenvalue weighted by atomic mass is 10.1. The van der Waals surface area contributed by atoms with E-state index in [4.69, 9.17) is 0 Å². The molecule has 4 aromatic rings. The number of nitrogens with one attached hydrogen (secondary N) is 2. The van der Waals surface area contributed by atoms with Crippen molar-refractivity contribution in [2.45, 2.75) is 19.6 Å². The molecule has 0 fully saturated rings. The Labute approximate surface area is 199 Å². The molecule has 6 nitrogen and oxygen atoms in total. The van der Waals surface area contributed by atoms with Crippen molar-refractivity contribution in [3.05, 3.63) is 101 Å². The van der Waals surface area contributed by atoms with Gasteiger partial charge in [-0.25, -0.2) is 5.43 Å².